The highest BCUT2D eigenvalue weighted by atomic mass is 32.2. The highest BCUT2D eigenvalue weighted by Gasteiger charge is 2.57. The molecule has 2 aromatic rings. The summed E-state index contributed by atoms with van der Waals surface area (Å²) in [5.74, 6) is -3.71. The topological polar surface area (TPSA) is 46.1 Å². The number of rotatable bonds is 8. The summed E-state index contributed by atoms with van der Waals surface area (Å²) in [5.41, 5.74) is 0.665. The summed E-state index contributed by atoms with van der Waals surface area (Å²) in [4.78, 5) is 21.8. The zero-order valence-electron chi connectivity index (χ0n) is 16.6. The van der Waals surface area contributed by atoms with Crippen molar-refractivity contribution < 1.29 is 31.1 Å². The van der Waals surface area contributed by atoms with Gasteiger partial charge in [-0.05, 0) is 13.0 Å². The molecule has 2 atom stereocenters. The third kappa shape index (κ3) is 5.75. The average Bonchev–Trinajstić information content (AvgIpc) is 3.12. The van der Waals surface area contributed by atoms with Gasteiger partial charge in [0.05, 0.1) is 18.4 Å². The van der Waals surface area contributed by atoms with Gasteiger partial charge in [0.15, 0.2) is 0 Å². The lowest BCUT2D eigenvalue weighted by molar-refractivity contribution is -0.138. The first-order valence-corrected chi connectivity index (χ1v) is 11.2. The lowest BCUT2D eigenvalue weighted by Crippen LogP contribution is -2.37. The van der Waals surface area contributed by atoms with E-state index in [-0.39, 0.29) is 11.5 Å². The van der Waals surface area contributed by atoms with Crippen LogP contribution in [0.1, 0.15) is 18.5 Å². The Morgan fingerprint density at radius 1 is 1.44 bits per heavy atom. The molecular weight excluding hydrogens is 476 g/mol. The van der Waals surface area contributed by atoms with Crippen LogP contribution in [0.4, 0.5) is 31.3 Å². The molecule has 0 radical (unpaired) electrons. The molecule has 172 valence electrons. The molecule has 0 N–H and O–H groups in total. The van der Waals surface area contributed by atoms with Gasteiger partial charge in [0.1, 0.15) is 21.1 Å². The first-order chi connectivity index (χ1) is 14.9. The van der Waals surface area contributed by atoms with E-state index in [0.29, 0.717) is 28.0 Å². The molecule has 1 amide bonds. The Morgan fingerprint density at radius 3 is 2.69 bits per heavy atom. The van der Waals surface area contributed by atoms with E-state index < -0.39 is 53.6 Å². The molecule has 3 rings (SSSR count). The average molecular weight is 493 g/mol. The molecule has 1 aliphatic rings. The van der Waals surface area contributed by atoms with Gasteiger partial charge in [-0.2, -0.15) is 13.2 Å². The van der Waals surface area contributed by atoms with Gasteiger partial charge in [-0.1, -0.05) is 17.3 Å². The SMILES string of the molecule is C#CCN(C(=O)CC(SCC1CC1(F)F)C(F)(F)F)c1sc(-c2cncc(F)c2)nc1C. The quantitative estimate of drug-likeness (QED) is 0.369. The number of carbonyl (C=O) groups excluding carboxylic acids is 1. The van der Waals surface area contributed by atoms with Gasteiger partial charge in [-0.3, -0.25) is 14.7 Å². The third-order valence-electron chi connectivity index (χ3n) is 4.70. The predicted octanol–water partition coefficient (Wildman–Crippen LogP) is 5.33. The van der Waals surface area contributed by atoms with Gasteiger partial charge in [0.25, 0.3) is 5.92 Å². The Kier molecular flexibility index (Phi) is 7.09. The fourth-order valence-electron chi connectivity index (χ4n) is 2.88. The van der Waals surface area contributed by atoms with Gasteiger partial charge in [-0.25, -0.2) is 18.2 Å². The molecule has 0 spiro atoms. The number of aryl methyl sites for hydroxylation is 1. The van der Waals surface area contributed by atoms with E-state index in [4.69, 9.17) is 6.42 Å². The molecule has 1 fully saturated rings. The number of halogens is 6. The molecule has 0 aliphatic heterocycles. The second kappa shape index (κ2) is 9.31. The summed E-state index contributed by atoms with van der Waals surface area (Å²) in [6.07, 6.45) is 1.53. The Labute approximate surface area is 188 Å². The highest BCUT2D eigenvalue weighted by Crippen LogP contribution is 2.51. The maximum absolute atomic E-state index is 13.5. The number of aromatic nitrogens is 2. The van der Waals surface area contributed by atoms with E-state index in [1.165, 1.54) is 12.3 Å². The summed E-state index contributed by atoms with van der Waals surface area (Å²) >= 11 is 1.27. The minimum absolute atomic E-state index is 0.229. The minimum atomic E-state index is -4.76. The summed E-state index contributed by atoms with van der Waals surface area (Å²) in [6.45, 7) is 1.24. The largest absolute Gasteiger partial charge is 0.401 e. The van der Waals surface area contributed by atoms with Crippen molar-refractivity contribution in [2.45, 2.75) is 37.1 Å². The van der Waals surface area contributed by atoms with Crippen molar-refractivity contribution in [1.29, 1.82) is 0 Å². The third-order valence-corrected chi connectivity index (χ3v) is 7.36. The number of thiazole rings is 1. The van der Waals surface area contributed by atoms with Gasteiger partial charge < -0.3 is 0 Å². The van der Waals surface area contributed by atoms with Crippen LogP contribution in [0.15, 0.2) is 18.5 Å². The van der Waals surface area contributed by atoms with Crippen LogP contribution in [0.5, 0.6) is 0 Å². The molecule has 32 heavy (non-hydrogen) atoms. The molecule has 12 heteroatoms. The maximum atomic E-state index is 13.5. The van der Waals surface area contributed by atoms with E-state index in [2.05, 4.69) is 15.9 Å². The van der Waals surface area contributed by atoms with Crippen molar-refractivity contribution in [3.8, 4) is 22.9 Å². The number of carbonyl (C=O) groups is 1. The molecule has 1 saturated carbocycles. The van der Waals surface area contributed by atoms with Crippen molar-refractivity contribution in [2.75, 3.05) is 17.2 Å². The molecule has 0 saturated heterocycles. The number of anilines is 1. The molecular formula is C20H17F6N3OS2. The van der Waals surface area contributed by atoms with Crippen LogP contribution in [0.25, 0.3) is 10.6 Å². The Hall–Kier alpha value is -2.26. The fraction of sp³-hybridized carbons (Fsp3) is 0.450. The van der Waals surface area contributed by atoms with Crippen molar-refractivity contribution in [1.82, 2.24) is 9.97 Å². The van der Waals surface area contributed by atoms with Gasteiger partial charge >= 0.3 is 6.18 Å². The number of thioether (sulfide) groups is 1. The minimum Gasteiger partial charge on any atom is -0.290 e. The monoisotopic (exact) mass is 493 g/mol. The van der Waals surface area contributed by atoms with Gasteiger partial charge in [-0.15, -0.1) is 18.2 Å². The lowest BCUT2D eigenvalue weighted by Gasteiger charge is -2.24. The van der Waals surface area contributed by atoms with Gasteiger partial charge in [0, 0.05) is 36.3 Å². The number of nitrogens with zero attached hydrogens (tertiary/aromatic N) is 3. The Bertz CT molecular complexity index is 1030. The molecule has 0 bridgehead atoms. The normalized spacial score (nSPS) is 18.1. The number of hydrogen-bond acceptors (Lipinski definition) is 5. The second-order valence-corrected chi connectivity index (χ2v) is 9.43. The molecule has 2 aromatic heterocycles. The van der Waals surface area contributed by atoms with E-state index in [9.17, 15) is 31.1 Å². The van der Waals surface area contributed by atoms with E-state index in [0.717, 1.165) is 22.4 Å². The molecule has 4 nitrogen and oxygen atoms in total. The summed E-state index contributed by atoms with van der Waals surface area (Å²) < 4.78 is 80.0. The zero-order chi connectivity index (χ0) is 23.7. The second-order valence-electron chi connectivity index (χ2n) is 7.22. The molecule has 1 aliphatic carbocycles. The number of hydrogen-bond donors (Lipinski definition) is 0. The smallest absolute Gasteiger partial charge is 0.290 e. The Balaban J connectivity index is 1.79. The number of terminal acetylenes is 1. The van der Waals surface area contributed by atoms with Crippen LogP contribution in [-0.2, 0) is 4.79 Å². The molecule has 2 heterocycles. The van der Waals surface area contributed by atoms with Crippen LogP contribution < -0.4 is 4.90 Å². The van der Waals surface area contributed by atoms with Gasteiger partial charge in [0.2, 0.25) is 5.91 Å². The summed E-state index contributed by atoms with van der Waals surface area (Å²) in [7, 11) is 0. The number of pyridine rings is 1. The number of alkyl halides is 5. The van der Waals surface area contributed by atoms with Crippen LogP contribution in [0, 0.1) is 31.0 Å². The van der Waals surface area contributed by atoms with Crippen LogP contribution in [0.2, 0.25) is 0 Å². The molecule has 2 unspecified atom stereocenters. The summed E-state index contributed by atoms with van der Waals surface area (Å²) in [5, 5.41) is -1.60. The van der Waals surface area contributed by atoms with E-state index >= 15 is 0 Å². The fourth-order valence-corrected chi connectivity index (χ4v) is 5.22. The van der Waals surface area contributed by atoms with Crippen LogP contribution in [-0.4, -0.2) is 45.5 Å². The van der Waals surface area contributed by atoms with Crippen molar-refractivity contribution >= 4 is 34.0 Å². The zero-order valence-corrected chi connectivity index (χ0v) is 18.3. The van der Waals surface area contributed by atoms with E-state index in [1.807, 2.05) is 0 Å². The predicted molar refractivity (Wildman–Crippen MR) is 111 cm³/mol. The first kappa shape index (κ1) is 24.4. The first-order valence-electron chi connectivity index (χ1n) is 9.30. The van der Waals surface area contributed by atoms with Crippen LogP contribution in [0.3, 0.4) is 0 Å². The van der Waals surface area contributed by atoms with Crippen molar-refractivity contribution in [3.63, 3.8) is 0 Å². The summed E-state index contributed by atoms with van der Waals surface area (Å²) in [6, 6.07) is 1.19. The number of amides is 1. The Morgan fingerprint density at radius 2 is 2.12 bits per heavy atom. The van der Waals surface area contributed by atoms with E-state index in [1.54, 1.807) is 6.92 Å². The van der Waals surface area contributed by atoms with Crippen molar-refractivity contribution in [3.05, 3.63) is 30.0 Å². The molecule has 0 aromatic carbocycles. The standard InChI is InChI=1S/C20H17F6N3OS2/c1-3-4-29(18-11(2)28-17(32-18)12-5-14(21)9-27-8-12)16(30)6-15(20(24,25)26)31-10-13-7-19(13,22)23/h1,5,8-9,13,15H,4,6-7,10H2,2H3. The van der Waals surface area contributed by atoms with Crippen molar-refractivity contribution in [2.24, 2.45) is 5.92 Å². The lowest BCUT2D eigenvalue weighted by atomic mass is 10.2. The highest BCUT2D eigenvalue weighted by molar-refractivity contribution is 8.00. The van der Waals surface area contributed by atoms with Crippen LogP contribution >= 0.6 is 23.1 Å². The maximum Gasteiger partial charge on any atom is 0.401 e.